The molecule has 0 spiro atoms. The van der Waals surface area contributed by atoms with Gasteiger partial charge in [-0.25, -0.2) is 8.42 Å². The predicted molar refractivity (Wildman–Crippen MR) is 119 cm³/mol. The summed E-state index contributed by atoms with van der Waals surface area (Å²) in [6, 6.07) is 18.2. The van der Waals surface area contributed by atoms with E-state index in [-0.39, 0.29) is 0 Å². The van der Waals surface area contributed by atoms with Crippen LogP contribution in [0.3, 0.4) is 0 Å². The molecule has 10 heteroatoms. The lowest BCUT2D eigenvalue weighted by atomic mass is 10.1. The Bertz CT molecular complexity index is 1440. The van der Waals surface area contributed by atoms with E-state index in [4.69, 9.17) is 0 Å². The second-order valence-corrected chi connectivity index (χ2v) is 10.7. The van der Waals surface area contributed by atoms with Crippen molar-refractivity contribution in [1.29, 1.82) is 0 Å². The Morgan fingerprint density at radius 2 is 1.80 bits per heavy atom. The largest absolute Gasteiger partial charge is 0.279 e. The number of thiophene rings is 2. The summed E-state index contributed by atoms with van der Waals surface area (Å²) in [4.78, 5) is 1.93. The zero-order valence-corrected chi connectivity index (χ0v) is 18.1. The van der Waals surface area contributed by atoms with E-state index in [0.717, 1.165) is 21.0 Å². The quantitative estimate of drug-likeness (QED) is 0.417. The maximum Gasteiger partial charge on any atom is 0.271 e. The van der Waals surface area contributed by atoms with Crippen LogP contribution in [0, 0.1) is 6.92 Å². The zero-order chi connectivity index (χ0) is 20.7. The molecule has 4 aromatic heterocycles. The molecule has 5 rings (SSSR count). The number of hydrogen-bond acceptors (Lipinski definition) is 7. The van der Waals surface area contributed by atoms with Gasteiger partial charge >= 0.3 is 0 Å². The molecule has 0 fully saturated rings. The number of hydrogen-bond donors (Lipinski definition) is 1. The number of sulfonamides is 1. The predicted octanol–water partition coefficient (Wildman–Crippen LogP) is 4.69. The van der Waals surface area contributed by atoms with Crippen molar-refractivity contribution in [3.8, 4) is 22.0 Å². The SMILES string of the molecule is Cc1ccc(S(=O)(=O)Nc2ccc(-c3ccc4nnc(-c5cccs5)n4n3)cc2)s1. The second-order valence-electron chi connectivity index (χ2n) is 6.54. The molecule has 150 valence electrons. The van der Waals surface area contributed by atoms with E-state index in [9.17, 15) is 8.42 Å². The average molecular weight is 454 g/mol. The number of fused-ring (bicyclic) bond motifs is 1. The summed E-state index contributed by atoms with van der Waals surface area (Å²) in [5.74, 6) is 0.692. The third-order valence-corrected chi connectivity index (χ3v) is 8.16. The Morgan fingerprint density at radius 3 is 2.50 bits per heavy atom. The summed E-state index contributed by atoms with van der Waals surface area (Å²) in [7, 11) is -3.59. The van der Waals surface area contributed by atoms with Crippen LogP contribution in [-0.2, 0) is 10.0 Å². The summed E-state index contributed by atoms with van der Waals surface area (Å²) < 4.78 is 29.6. The summed E-state index contributed by atoms with van der Waals surface area (Å²) in [6.07, 6.45) is 0. The molecule has 0 atom stereocenters. The smallest absolute Gasteiger partial charge is 0.271 e. The first-order valence-electron chi connectivity index (χ1n) is 8.96. The van der Waals surface area contributed by atoms with Crippen LogP contribution in [0.1, 0.15) is 4.88 Å². The van der Waals surface area contributed by atoms with Gasteiger partial charge in [-0.15, -0.1) is 32.9 Å². The monoisotopic (exact) mass is 453 g/mol. The van der Waals surface area contributed by atoms with Crippen molar-refractivity contribution in [2.75, 3.05) is 4.72 Å². The van der Waals surface area contributed by atoms with Crippen LogP contribution >= 0.6 is 22.7 Å². The molecule has 0 bridgehead atoms. The molecular weight excluding hydrogens is 438 g/mol. The van der Waals surface area contributed by atoms with E-state index in [1.54, 1.807) is 40.1 Å². The lowest BCUT2D eigenvalue weighted by Gasteiger charge is -2.08. The van der Waals surface area contributed by atoms with Gasteiger partial charge in [0, 0.05) is 16.1 Å². The molecule has 0 saturated carbocycles. The van der Waals surface area contributed by atoms with E-state index < -0.39 is 10.0 Å². The maximum atomic E-state index is 12.5. The molecule has 0 unspecified atom stereocenters. The molecule has 1 N–H and O–H groups in total. The summed E-state index contributed by atoms with van der Waals surface area (Å²) in [6.45, 7) is 1.88. The molecule has 0 aliphatic carbocycles. The van der Waals surface area contributed by atoms with Crippen molar-refractivity contribution in [3.05, 3.63) is 70.9 Å². The normalized spacial score (nSPS) is 11.8. The highest BCUT2D eigenvalue weighted by Crippen LogP contribution is 2.27. The van der Waals surface area contributed by atoms with Crippen LogP contribution in [0.4, 0.5) is 5.69 Å². The highest BCUT2D eigenvalue weighted by molar-refractivity contribution is 7.94. The number of nitrogens with one attached hydrogen (secondary N) is 1. The highest BCUT2D eigenvalue weighted by Gasteiger charge is 2.16. The van der Waals surface area contributed by atoms with Crippen LogP contribution in [0.2, 0.25) is 0 Å². The van der Waals surface area contributed by atoms with Crippen LogP contribution in [-0.4, -0.2) is 28.2 Å². The van der Waals surface area contributed by atoms with Gasteiger partial charge in [-0.1, -0.05) is 18.2 Å². The van der Waals surface area contributed by atoms with Gasteiger partial charge in [-0.3, -0.25) is 4.72 Å². The first-order valence-corrected chi connectivity index (χ1v) is 12.1. The van der Waals surface area contributed by atoms with Gasteiger partial charge in [0.2, 0.25) is 0 Å². The molecule has 30 heavy (non-hydrogen) atoms. The minimum atomic E-state index is -3.59. The minimum Gasteiger partial charge on any atom is -0.279 e. The molecule has 5 aromatic rings. The van der Waals surface area contributed by atoms with Crippen molar-refractivity contribution in [2.24, 2.45) is 0 Å². The van der Waals surface area contributed by atoms with Gasteiger partial charge in [0.05, 0.1) is 10.6 Å². The molecule has 0 radical (unpaired) electrons. The van der Waals surface area contributed by atoms with Crippen LogP contribution in [0.15, 0.2) is 70.3 Å². The average Bonchev–Trinajstić information content (AvgIpc) is 3.48. The number of benzene rings is 1. The molecule has 0 aliphatic rings. The van der Waals surface area contributed by atoms with Gasteiger partial charge in [-0.05, 0) is 54.8 Å². The van der Waals surface area contributed by atoms with E-state index in [1.165, 1.54) is 11.3 Å². The van der Waals surface area contributed by atoms with Gasteiger partial charge < -0.3 is 0 Å². The molecular formula is C20H15N5O2S3. The summed E-state index contributed by atoms with van der Waals surface area (Å²) in [5, 5.41) is 15.1. The fraction of sp³-hybridized carbons (Fsp3) is 0.0500. The number of rotatable bonds is 5. The third-order valence-electron chi connectivity index (χ3n) is 4.42. The maximum absolute atomic E-state index is 12.5. The highest BCUT2D eigenvalue weighted by atomic mass is 32.2. The van der Waals surface area contributed by atoms with Gasteiger partial charge in [0.25, 0.3) is 10.0 Å². The fourth-order valence-corrected chi connectivity index (χ4v) is 6.01. The number of anilines is 1. The van der Waals surface area contributed by atoms with E-state index >= 15 is 0 Å². The van der Waals surface area contributed by atoms with Crippen molar-refractivity contribution < 1.29 is 8.42 Å². The van der Waals surface area contributed by atoms with E-state index in [0.29, 0.717) is 21.4 Å². The standard InChI is InChI=1S/C20H15N5O2S3/c1-13-4-11-19(29-13)30(26,27)24-15-7-5-14(6-8-15)16-9-10-18-21-22-20(25(18)23-16)17-3-2-12-28-17/h2-12,24H,1H3. The topological polar surface area (TPSA) is 89.2 Å². The Morgan fingerprint density at radius 1 is 0.967 bits per heavy atom. The van der Waals surface area contributed by atoms with Gasteiger partial charge in [0.1, 0.15) is 4.21 Å². The van der Waals surface area contributed by atoms with E-state index in [1.807, 2.05) is 48.7 Å². The molecule has 0 saturated heterocycles. The molecule has 4 heterocycles. The lowest BCUT2D eigenvalue weighted by molar-refractivity contribution is 0.603. The van der Waals surface area contributed by atoms with Crippen molar-refractivity contribution in [1.82, 2.24) is 19.8 Å². The molecule has 7 nitrogen and oxygen atoms in total. The van der Waals surface area contributed by atoms with Crippen molar-refractivity contribution >= 4 is 44.0 Å². The van der Waals surface area contributed by atoms with Crippen LogP contribution < -0.4 is 4.72 Å². The molecule has 0 amide bonds. The van der Waals surface area contributed by atoms with Crippen molar-refractivity contribution in [3.63, 3.8) is 0 Å². The summed E-state index contributed by atoms with van der Waals surface area (Å²) >= 11 is 2.82. The van der Waals surface area contributed by atoms with Gasteiger partial charge in [-0.2, -0.15) is 9.61 Å². The first-order chi connectivity index (χ1) is 14.5. The first kappa shape index (κ1) is 18.9. The van der Waals surface area contributed by atoms with E-state index in [2.05, 4.69) is 20.0 Å². The fourth-order valence-electron chi connectivity index (χ4n) is 2.97. The van der Waals surface area contributed by atoms with Crippen LogP contribution in [0.25, 0.3) is 27.6 Å². The number of nitrogens with zero attached hydrogens (tertiary/aromatic N) is 4. The van der Waals surface area contributed by atoms with Crippen LogP contribution in [0.5, 0.6) is 0 Å². The Kier molecular flexibility index (Phi) is 4.61. The van der Waals surface area contributed by atoms with Crippen molar-refractivity contribution in [2.45, 2.75) is 11.1 Å². The lowest BCUT2D eigenvalue weighted by Crippen LogP contribution is -2.11. The Labute approximate surface area is 180 Å². The molecule has 0 aliphatic heterocycles. The Balaban J connectivity index is 1.44. The number of aryl methyl sites for hydroxylation is 1. The molecule has 1 aromatic carbocycles. The van der Waals surface area contributed by atoms with Gasteiger partial charge in [0.15, 0.2) is 11.5 Å². The number of aromatic nitrogens is 4. The second kappa shape index (κ2) is 7.31. The third kappa shape index (κ3) is 3.49. The zero-order valence-electron chi connectivity index (χ0n) is 15.7. The minimum absolute atomic E-state index is 0.296. The Hall–Kier alpha value is -3.08. The summed E-state index contributed by atoms with van der Waals surface area (Å²) in [5.41, 5.74) is 2.76.